The van der Waals surface area contributed by atoms with Gasteiger partial charge in [0.25, 0.3) is 0 Å². The van der Waals surface area contributed by atoms with Crippen LogP contribution in [0.25, 0.3) is 10.8 Å². The van der Waals surface area contributed by atoms with E-state index in [1.54, 1.807) is 6.07 Å². The maximum Gasteiger partial charge on any atom is 0.326 e. The largest absolute Gasteiger partial charge is 0.481 e. The van der Waals surface area contributed by atoms with Crippen LogP contribution in [0.2, 0.25) is 0 Å². The summed E-state index contributed by atoms with van der Waals surface area (Å²) in [6, 6.07) is 10.3. The van der Waals surface area contributed by atoms with Gasteiger partial charge in [0.15, 0.2) is 0 Å². The Balaban J connectivity index is 2.04. The molecule has 2 aromatic rings. The number of carbonyl (C=O) groups excluding carboxylic acids is 1. The summed E-state index contributed by atoms with van der Waals surface area (Å²) in [7, 11) is 0. The number of hydrogen-bond donors (Lipinski definition) is 5. The number of nitrogens with two attached hydrogens (primary N) is 1. The van der Waals surface area contributed by atoms with Crippen LogP contribution >= 0.6 is 12.6 Å². The second-order valence-corrected chi connectivity index (χ2v) is 7.72. The average molecular weight is 433 g/mol. The maximum absolute atomic E-state index is 12.4. The number of rotatable bonds is 13. The lowest BCUT2D eigenvalue weighted by Crippen LogP contribution is -2.30. The first-order valence-electron chi connectivity index (χ1n) is 9.91. The Kier molecular flexibility index (Phi) is 9.14. The van der Waals surface area contributed by atoms with Gasteiger partial charge in [0.2, 0.25) is 0 Å². The summed E-state index contributed by atoms with van der Waals surface area (Å²) in [5, 5.41) is 23.2. The number of hydrogen-bond acceptors (Lipinski definition) is 6. The fourth-order valence-electron chi connectivity index (χ4n) is 3.30. The molecule has 0 saturated carbocycles. The third kappa shape index (κ3) is 7.03. The second kappa shape index (κ2) is 11.6. The van der Waals surface area contributed by atoms with Gasteiger partial charge in [0, 0.05) is 24.3 Å². The molecule has 0 bridgehead atoms. The Morgan fingerprint density at radius 1 is 1.00 bits per heavy atom. The highest BCUT2D eigenvalue weighted by molar-refractivity contribution is 7.80. The van der Waals surface area contributed by atoms with E-state index < -0.39 is 23.9 Å². The quantitative estimate of drug-likeness (QED) is 0.243. The van der Waals surface area contributed by atoms with E-state index in [0.717, 1.165) is 22.8 Å². The number of fused-ring (bicyclic) bond motifs is 1. The van der Waals surface area contributed by atoms with Gasteiger partial charge in [-0.25, -0.2) is 4.79 Å². The lowest BCUT2D eigenvalue weighted by atomic mass is 9.93. The van der Waals surface area contributed by atoms with E-state index in [4.69, 9.17) is 10.8 Å². The number of anilines is 1. The lowest BCUT2D eigenvalue weighted by Gasteiger charge is -2.14. The first-order valence-corrected chi connectivity index (χ1v) is 10.5. The summed E-state index contributed by atoms with van der Waals surface area (Å²) in [4.78, 5) is 35.0. The second-order valence-electron chi connectivity index (χ2n) is 7.35. The minimum absolute atomic E-state index is 0.0150. The Morgan fingerprint density at radius 3 is 2.33 bits per heavy atom. The molecular formula is C22H28N2O5S. The van der Waals surface area contributed by atoms with Crippen molar-refractivity contribution in [3.05, 3.63) is 42.0 Å². The molecule has 2 atom stereocenters. The van der Waals surface area contributed by atoms with Crippen molar-refractivity contribution in [3.63, 3.8) is 0 Å². The van der Waals surface area contributed by atoms with E-state index in [0.29, 0.717) is 25.1 Å². The summed E-state index contributed by atoms with van der Waals surface area (Å²) >= 11 is 4.05. The van der Waals surface area contributed by atoms with Crippen molar-refractivity contribution in [3.8, 4) is 0 Å². The van der Waals surface area contributed by atoms with Crippen LogP contribution in [-0.2, 0) is 20.8 Å². The Bertz CT molecular complexity index is 902. The highest BCUT2D eigenvalue weighted by Crippen LogP contribution is 2.23. The number of ketones is 1. The molecule has 8 heteroatoms. The number of carbonyl (C=O) groups is 3. The van der Waals surface area contributed by atoms with Gasteiger partial charge in [-0.3, -0.25) is 9.59 Å². The molecule has 0 saturated heterocycles. The Labute approximate surface area is 181 Å². The molecule has 0 amide bonds. The fraction of sp³-hybridized carbons (Fsp3) is 0.409. The van der Waals surface area contributed by atoms with E-state index in [-0.39, 0.29) is 24.4 Å². The minimum atomic E-state index is -0.971. The molecule has 0 spiro atoms. The van der Waals surface area contributed by atoms with Crippen LogP contribution in [0.5, 0.6) is 0 Å². The van der Waals surface area contributed by atoms with Gasteiger partial charge < -0.3 is 21.3 Å². The van der Waals surface area contributed by atoms with Crippen LogP contribution in [-0.4, -0.2) is 46.3 Å². The van der Waals surface area contributed by atoms with Crippen LogP contribution in [0.3, 0.4) is 0 Å². The van der Waals surface area contributed by atoms with Crippen LogP contribution in [0.15, 0.2) is 36.4 Å². The predicted molar refractivity (Wildman–Crippen MR) is 120 cm³/mol. The van der Waals surface area contributed by atoms with Crippen molar-refractivity contribution in [1.29, 1.82) is 0 Å². The van der Waals surface area contributed by atoms with Gasteiger partial charge in [-0.2, -0.15) is 12.6 Å². The van der Waals surface area contributed by atoms with E-state index in [1.807, 2.05) is 30.3 Å². The van der Waals surface area contributed by atoms with E-state index in [1.165, 1.54) is 0 Å². The predicted octanol–water partition coefficient (Wildman–Crippen LogP) is 2.97. The molecule has 162 valence electrons. The minimum Gasteiger partial charge on any atom is -0.481 e. The van der Waals surface area contributed by atoms with E-state index in [9.17, 15) is 19.5 Å². The van der Waals surface area contributed by atoms with Crippen molar-refractivity contribution in [1.82, 2.24) is 0 Å². The van der Waals surface area contributed by atoms with Gasteiger partial charge in [-0.05, 0) is 47.9 Å². The summed E-state index contributed by atoms with van der Waals surface area (Å²) in [5.41, 5.74) is 6.94. The zero-order valence-corrected chi connectivity index (χ0v) is 17.6. The molecular weight excluding hydrogens is 404 g/mol. The van der Waals surface area contributed by atoms with Gasteiger partial charge >= 0.3 is 11.9 Å². The number of nitrogens with one attached hydrogen (secondary N) is 1. The summed E-state index contributed by atoms with van der Waals surface area (Å²) in [5.74, 6) is -2.53. The smallest absolute Gasteiger partial charge is 0.326 e. The molecule has 0 aliphatic heterocycles. The zero-order chi connectivity index (χ0) is 22.1. The average Bonchev–Trinajstić information content (AvgIpc) is 2.71. The van der Waals surface area contributed by atoms with Crippen molar-refractivity contribution < 1.29 is 24.6 Å². The summed E-state index contributed by atoms with van der Waals surface area (Å²) in [6.07, 6.45) is 2.09. The van der Waals surface area contributed by atoms with Crippen molar-refractivity contribution >= 4 is 46.8 Å². The number of aliphatic carboxylic acids is 2. The molecule has 0 radical (unpaired) electrons. The number of thiol groups is 1. The normalized spacial score (nSPS) is 13.0. The number of carboxylic acids is 2. The van der Waals surface area contributed by atoms with Crippen molar-refractivity contribution in [2.75, 3.05) is 17.6 Å². The summed E-state index contributed by atoms with van der Waals surface area (Å²) in [6.45, 7) is 0.514. The maximum atomic E-state index is 12.4. The number of Topliss-reactive ketones (excluding diaryl/α,β-unsaturated/α-hetero) is 1. The van der Waals surface area contributed by atoms with Crippen molar-refractivity contribution in [2.45, 2.75) is 38.1 Å². The molecule has 0 aliphatic rings. The van der Waals surface area contributed by atoms with Crippen LogP contribution in [0.4, 0.5) is 5.69 Å². The Morgan fingerprint density at radius 2 is 1.70 bits per heavy atom. The highest BCUT2D eigenvalue weighted by Gasteiger charge is 2.21. The van der Waals surface area contributed by atoms with Crippen LogP contribution < -0.4 is 11.1 Å². The standard InChI is InChI=1S/C22H28N2O5S/c23-8-2-1-3-17(21(26)27)12-19(25)10-14-4-5-16-11-18(7-6-15(16)9-14)24-20(13-30)22(28)29/h4-7,9,11,17,20,24,30H,1-3,8,10,12-13,23H2,(H,26,27)(H,28,29)/t17?,20-/m1/s1. The third-order valence-electron chi connectivity index (χ3n) is 4.96. The lowest BCUT2D eigenvalue weighted by molar-refractivity contribution is -0.144. The molecule has 1 unspecified atom stereocenters. The molecule has 0 aromatic heterocycles. The Hall–Kier alpha value is -2.58. The van der Waals surface area contributed by atoms with E-state index in [2.05, 4.69) is 17.9 Å². The number of carboxylic acid groups (broad SMARTS) is 2. The molecule has 7 nitrogen and oxygen atoms in total. The zero-order valence-electron chi connectivity index (χ0n) is 16.7. The van der Waals surface area contributed by atoms with Gasteiger partial charge in [0.1, 0.15) is 11.8 Å². The van der Waals surface area contributed by atoms with Crippen molar-refractivity contribution in [2.24, 2.45) is 11.7 Å². The molecule has 0 heterocycles. The topological polar surface area (TPSA) is 130 Å². The van der Waals surface area contributed by atoms with Crippen LogP contribution in [0.1, 0.15) is 31.2 Å². The third-order valence-corrected chi connectivity index (χ3v) is 5.32. The molecule has 0 fully saturated rings. The summed E-state index contributed by atoms with van der Waals surface area (Å²) < 4.78 is 0. The number of unbranched alkanes of at least 4 members (excludes halogenated alkanes) is 1. The first kappa shape index (κ1) is 23.7. The molecule has 2 rings (SSSR count). The fourth-order valence-corrected chi connectivity index (χ4v) is 3.55. The molecule has 5 N–H and O–H groups in total. The van der Waals surface area contributed by atoms with Gasteiger partial charge in [0.05, 0.1) is 5.92 Å². The monoisotopic (exact) mass is 432 g/mol. The highest BCUT2D eigenvalue weighted by atomic mass is 32.1. The molecule has 0 aliphatic carbocycles. The van der Waals surface area contributed by atoms with Crippen LogP contribution in [0, 0.1) is 5.92 Å². The SMILES string of the molecule is NCCCCC(CC(=O)Cc1ccc2cc(N[C@H](CS)C(=O)O)ccc2c1)C(=O)O. The molecule has 30 heavy (non-hydrogen) atoms. The first-order chi connectivity index (χ1) is 14.3. The van der Waals surface area contributed by atoms with Gasteiger partial charge in [-0.15, -0.1) is 0 Å². The van der Waals surface area contributed by atoms with E-state index >= 15 is 0 Å². The number of benzene rings is 2. The van der Waals surface area contributed by atoms with Gasteiger partial charge in [-0.1, -0.05) is 30.7 Å². The molecule has 2 aromatic carbocycles.